The van der Waals surface area contributed by atoms with Crippen molar-refractivity contribution in [1.82, 2.24) is 25.2 Å². The molecule has 0 fully saturated rings. The molecule has 0 aliphatic rings. The van der Waals surface area contributed by atoms with Crippen molar-refractivity contribution in [2.45, 2.75) is 19.9 Å². The van der Waals surface area contributed by atoms with Gasteiger partial charge in [-0.3, -0.25) is 4.40 Å². The third-order valence-corrected chi connectivity index (χ3v) is 4.06. The second-order valence-corrected chi connectivity index (χ2v) is 6.38. The second-order valence-electron chi connectivity index (χ2n) is 6.38. The number of carbonyl (C=O) groups excluding carboxylic acids is 1. The van der Waals surface area contributed by atoms with E-state index in [1.54, 1.807) is 0 Å². The molecule has 0 saturated carbocycles. The monoisotopic (exact) mass is 349 g/mol. The van der Waals surface area contributed by atoms with E-state index >= 15 is 0 Å². The van der Waals surface area contributed by atoms with E-state index in [9.17, 15) is 4.79 Å². The van der Waals surface area contributed by atoms with Crippen LogP contribution in [0.4, 0.5) is 4.79 Å². The molecule has 2 N–H and O–H groups in total. The molecule has 6 nitrogen and oxygen atoms in total. The fourth-order valence-corrected chi connectivity index (χ4v) is 2.70. The molecule has 2 aromatic heterocycles. The fraction of sp³-hybridized carbons (Fsp3) is 0.250. The van der Waals surface area contributed by atoms with Gasteiger partial charge in [0.25, 0.3) is 0 Å². The standard InChI is InChI=1S/C20H23N5O/c1-15(2)18(19-24-23-17-12-6-7-14-25(17)19)22-20(26)21-13-8-11-16-9-4-3-5-10-16/h3-12,14-15,18H,13H2,1-2H3,(H2,21,22,26)/b11-8+/t18-/m0/s1. The summed E-state index contributed by atoms with van der Waals surface area (Å²) in [6.07, 6.45) is 5.81. The molecule has 3 rings (SSSR count). The van der Waals surface area contributed by atoms with E-state index in [1.165, 1.54) is 0 Å². The Labute approximate surface area is 153 Å². The van der Waals surface area contributed by atoms with Gasteiger partial charge in [-0.05, 0) is 23.6 Å². The fourth-order valence-electron chi connectivity index (χ4n) is 2.70. The summed E-state index contributed by atoms with van der Waals surface area (Å²) in [7, 11) is 0. The van der Waals surface area contributed by atoms with E-state index < -0.39 is 0 Å². The molecule has 26 heavy (non-hydrogen) atoms. The van der Waals surface area contributed by atoms with Gasteiger partial charge in [-0.25, -0.2) is 4.79 Å². The third-order valence-electron chi connectivity index (χ3n) is 4.06. The van der Waals surface area contributed by atoms with Crippen molar-refractivity contribution >= 4 is 17.8 Å². The first-order valence-corrected chi connectivity index (χ1v) is 8.71. The summed E-state index contributed by atoms with van der Waals surface area (Å²) in [5.41, 5.74) is 1.87. The van der Waals surface area contributed by atoms with Crippen molar-refractivity contribution in [2.24, 2.45) is 5.92 Å². The smallest absolute Gasteiger partial charge is 0.315 e. The molecule has 0 radical (unpaired) electrons. The van der Waals surface area contributed by atoms with Gasteiger partial charge < -0.3 is 10.6 Å². The molecule has 0 spiro atoms. The Hall–Kier alpha value is -3.15. The van der Waals surface area contributed by atoms with Crippen LogP contribution in [0.15, 0.2) is 60.8 Å². The van der Waals surface area contributed by atoms with Gasteiger partial charge >= 0.3 is 6.03 Å². The minimum atomic E-state index is -0.231. The molecular weight excluding hydrogens is 326 g/mol. The molecular formula is C20H23N5O. The summed E-state index contributed by atoms with van der Waals surface area (Å²) >= 11 is 0. The Morgan fingerprint density at radius 3 is 2.65 bits per heavy atom. The molecule has 6 heteroatoms. The maximum Gasteiger partial charge on any atom is 0.315 e. The Balaban J connectivity index is 1.61. The first kappa shape index (κ1) is 17.7. The second kappa shape index (κ2) is 8.29. The number of rotatable bonds is 6. The highest BCUT2D eigenvalue weighted by Gasteiger charge is 2.23. The topological polar surface area (TPSA) is 71.3 Å². The van der Waals surface area contributed by atoms with Crippen LogP contribution in [0.1, 0.15) is 31.3 Å². The maximum absolute atomic E-state index is 12.3. The van der Waals surface area contributed by atoms with Crippen LogP contribution in [0.2, 0.25) is 0 Å². The van der Waals surface area contributed by atoms with E-state index in [2.05, 4.69) is 20.8 Å². The van der Waals surface area contributed by atoms with Crippen molar-refractivity contribution in [1.29, 1.82) is 0 Å². The van der Waals surface area contributed by atoms with Gasteiger partial charge in [0.05, 0.1) is 6.04 Å². The van der Waals surface area contributed by atoms with Gasteiger partial charge in [0.2, 0.25) is 0 Å². The molecule has 2 heterocycles. The molecule has 1 atom stereocenters. The number of benzene rings is 1. The number of aromatic nitrogens is 3. The molecule has 0 aliphatic heterocycles. The van der Waals surface area contributed by atoms with Crippen LogP contribution >= 0.6 is 0 Å². The first-order chi connectivity index (χ1) is 12.6. The quantitative estimate of drug-likeness (QED) is 0.716. The molecule has 3 aromatic rings. The largest absolute Gasteiger partial charge is 0.335 e. The Bertz CT molecular complexity index is 885. The van der Waals surface area contributed by atoms with Gasteiger partial charge in [-0.15, -0.1) is 10.2 Å². The van der Waals surface area contributed by atoms with Crippen molar-refractivity contribution < 1.29 is 4.79 Å². The molecule has 0 bridgehead atoms. The number of hydrogen-bond acceptors (Lipinski definition) is 3. The van der Waals surface area contributed by atoms with Crippen LogP contribution in [-0.4, -0.2) is 27.2 Å². The van der Waals surface area contributed by atoms with E-state index in [0.717, 1.165) is 17.0 Å². The van der Waals surface area contributed by atoms with Gasteiger partial charge in [-0.2, -0.15) is 0 Å². The van der Waals surface area contributed by atoms with Crippen LogP contribution in [0, 0.1) is 5.92 Å². The van der Waals surface area contributed by atoms with Crippen molar-refractivity contribution in [3.63, 3.8) is 0 Å². The first-order valence-electron chi connectivity index (χ1n) is 8.71. The van der Waals surface area contributed by atoms with Crippen LogP contribution in [0.25, 0.3) is 11.7 Å². The maximum atomic E-state index is 12.3. The summed E-state index contributed by atoms with van der Waals surface area (Å²) in [5, 5.41) is 14.3. The van der Waals surface area contributed by atoms with Gasteiger partial charge in [0, 0.05) is 12.7 Å². The molecule has 0 unspecified atom stereocenters. The number of hydrogen-bond donors (Lipinski definition) is 2. The molecule has 2 amide bonds. The zero-order valence-corrected chi connectivity index (χ0v) is 15.0. The van der Waals surface area contributed by atoms with Gasteiger partial charge in [0.15, 0.2) is 11.5 Å². The number of nitrogens with zero attached hydrogens (tertiary/aromatic N) is 3. The highest BCUT2D eigenvalue weighted by Crippen LogP contribution is 2.20. The number of urea groups is 1. The van der Waals surface area contributed by atoms with E-state index in [0.29, 0.717) is 6.54 Å². The number of pyridine rings is 1. The zero-order valence-electron chi connectivity index (χ0n) is 15.0. The SMILES string of the molecule is CC(C)[C@H](NC(=O)NC/C=C/c1ccccc1)c1nnc2ccccn12. The highest BCUT2D eigenvalue weighted by molar-refractivity contribution is 5.74. The summed E-state index contributed by atoms with van der Waals surface area (Å²) < 4.78 is 1.90. The number of carbonyl (C=O) groups is 1. The Morgan fingerprint density at radius 2 is 1.88 bits per heavy atom. The Kier molecular flexibility index (Phi) is 5.63. The third kappa shape index (κ3) is 4.27. The summed E-state index contributed by atoms with van der Waals surface area (Å²) in [4.78, 5) is 12.3. The van der Waals surface area contributed by atoms with Crippen molar-refractivity contribution in [3.8, 4) is 0 Å². The molecule has 0 saturated heterocycles. The van der Waals surface area contributed by atoms with Crippen LogP contribution < -0.4 is 10.6 Å². The molecule has 1 aromatic carbocycles. The minimum Gasteiger partial charge on any atom is -0.335 e. The lowest BCUT2D eigenvalue weighted by molar-refractivity contribution is 0.233. The van der Waals surface area contributed by atoms with Crippen LogP contribution in [0.3, 0.4) is 0 Å². The average Bonchev–Trinajstić information content (AvgIpc) is 3.08. The summed E-state index contributed by atoms with van der Waals surface area (Å²) in [5.74, 6) is 0.902. The number of nitrogens with one attached hydrogen (secondary N) is 2. The van der Waals surface area contributed by atoms with Crippen LogP contribution in [0.5, 0.6) is 0 Å². The van der Waals surface area contributed by atoms with E-state index in [1.807, 2.05) is 85.1 Å². The Morgan fingerprint density at radius 1 is 1.12 bits per heavy atom. The zero-order chi connectivity index (χ0) is 18.4. The number of amides is 2. The van der Waals surface area contributed by atoms with E-state index in [-0.39, 0.29) is 18.0 Å². The summed E-state index contributed by atoms with van der Waals surface area (Å²) in [6, 6.07) is 15.2. The lowest BCUT2D eigenvalue weighted by Gasteiger charge is -2.21. The van der Waals surface area contributed by atoms with Crippen molar-refractivity contribution in [2.75, 3.05) is 6.54 Å². The van der Waals surface area contributed by atoms with Gasteiger partial charge in [0.1, 0.15) is 0 Å². The minimum absolute atomic E-state index is 0.174. The van der Waals surface area contributed by atoms with Crippen LogP contribution in [-0.2, 0) is 0 Å². The summed E-state index contributed by atoms with van der Waals surface area (Å²) in [6.45, 7) is 4.54. The number of fused-ring (bicyclic) bond motifs is 1. The molecule has 0 aliphatic carbocycles. The highest BCUT2D eigenvalue weighted by atomic mass is 16.2. The van der Waals surface area contributed by atoms with E-state index in [4.69, 9.17) is 0 Å². The van der Waals surface area contributed by atoms with Gasteiger partial charge in [-0.1, -0.05) is 62.4 Å². The lowest BCUT2D eigenvalue weighted by Crippen LogP contribution is -2.40. The lowest BCUT2D eigenvalue weighted by atomic mass is 10.0. The predicted octanol–water partition coefficient (Wildman–Crippen LogP) is 3.44. The molecule has 134 valence electrons. The predicted molar refractivity (Wildman–Crippen MR) is 103 cm³/mol. The van der Waals surface area contributed by atoms with Crippen molar-refractivity contribution in [3.05, 3.63) is 72.2 Å². The average molecular weight is 349 g/mol. The normalized spacial score (nSPS) is 12.6.